The number of carbonyl (C=O) groups excluding carboxylic acids is 2. The maximum atomic E-state index is 11.9. The molecule has 0 bridgehead atoms. The number of rotatable bonds is 12. The lowest BCUT2D eigenvalue weighted by Gasteiger charge is -2.24. The molecule has 3 atom stereocenters. The molecule has 1 fully saturated rings. The molecule has 1 saturated heterocycles. The van der Waals surface area contributed by atoms with Crippen LogP contribution in [0.25, 0.3) is 0 Å². The van der Waals surface area contributed by atoms with Crippen LogP contribution in [-0.4, -0.2) is 59.3 Å². The molecule has 1 aliphatic rings. The number of hydrogen-bond acceptors (Lipinski definition) is 5. The summed E-state index contributed by atoms with van der Waals surface area (Å²) >= 11 is 1.93. The van der Waals surface area contributed by atoms with Gasteiger partial charge in [-0.05, 0) is 44.8 Å². The minimum atomic E-state index is -0.361. The van der Waals surface area contributed by atoms with Gasteiger partial charge in [-0.25, -0.2) is 0 Å². The molecule has 152 valence electrons. The van der Waals surface area contributed by atoms with Gasteiger partial charge >= 0.3 is 0 Å². The molecule has 2 amide bonds. The largest absolute Gasteiger partial charge is 0.396 e. The highest BCUT2D eigenvalue weighted by Crippen LogP contribution is 2.34. The van der Waals surface area contributed by atoms with E-state index in [4.69, 9.17) is 9.84 Å². The average molecular weight is 389 g/mol. The summed E-state index contributed by atoms with van der Waals surface area (Å²) in [7, 11) is 0. The second kappa shape index (κ2) is 11.8. The molecule has 0 aromatic rings. The monoisotopic (exact) mass is 388 g/mol. The van der Waals surface area contributed by atoms with Crippen molar-refractivity contribution >= 4 is 23.6 Å². The van der Waals surface area contributed by atoms with Crippen molar-refractivity contribution in [2.45, 2.75) is 76.7 Å². The third-order valence-corrected chi connectivity index (χ3v) is 6.41. The zero-order valence-electron chi connectivity index (χ0n) is 16.7. The minimum Gasteiger partial charge on any atom is -0.396 e. The van der Waals surface area contributed by atoms with E-state index in [1.807, 2.05) is 25.6 Å². The molecular formula is C19H36N2O4S. The molecule has 3 N–H and O–H groups in total. The smallest absolute Gasteiger partial charge is 0.220 e. The van der Waals surface area contributed by atoms with Crippen molar-refractivity contribution in [1.82, 2.24) is 10.6 Å². The van der Waals surface area contributed by atoms with Gasteiger partial charge in [-0.2, -0.15) is 11.8 Å². The van der Waals surface area contributed by atoms with Gasteiger partial charge < -0.3 is 20.5 Å². The van der Waals surface area contributed by atoms with E-state index in [1.165, 1.54) is 0 Å². The number of thioether (sulfide) groups is 1. The van der Waals surface area contributed by atoms with E-state index in [0.717, 1.165) is 25.0 Å². The first-order valence-corrected chi connectivity index (χ1v) is 10.7. The Hall–Kier alpha value is -0.790. The summed E-state index contributed by atoms with van der Waals surface area (Å²) in [6.07, 6.45) is 4.00. The fourth-order valence-corrected chi connectivity index (χ4v) is 4.80. The van der Waals surface area contributed by atoms with Crippen LogP contribution in [0.1, 0.15) is 59.8 Å². The molecule has 1 heterocycles. The Kier molecular flexibility index (Phi) is 10.6. The fraction of sp³-hybridized carbons (Fsp3) is 0.895. The number of nitrogens with one attached hydrogen (secondary N) is 2. The highest BCUT2D eigenvalue weighted by molar-refractivity contribution is 8.00. The zero-order valence-corrected chi connectivity index (χ0v) is 17.5. The Morgan fingerprint density at radius 2 is 2.04 bits per heavy atom. The number of ether oxygens (including phenoxy) is 1. The summed E-state index contributed by atoms with van der Waals surface area (Å²) in [6.45, 7) is 8.67. The van der Waals surface area contributed by atoms with Gasteiger partial charge in [0.05, 0.1) is 12.2 Å². The van der Waals surface area contributed by atoms with Gasteiger partial charge in [-0.15, -0.1) is 0 Å². The number of aliphatic hydroxyl groups is 1. The zero-order chi connectivity index (χ0) is 19.6. The number of aliphatic hydroxyl groups excluding tert-OH is 1. The van der Waals surface area contributed by atoms with E-state index in [2.05, 4.69) is 17.6 Å². The standard InChI is InChI=1S/C19H36N2O4S/c1-14-13-26-16(18(14)21-15(2)23)7-5-6-8-17(24)20-10-12-25-19(3,4)9-11-22/h14,16,18,22H,5-13H2,1-4H3,(H,20,24)(H,21,23)/t14-,16-,18-/m0/s1. The maximum absolute atomic E-state index is 11.9. The highest BCUT2D eigenvalue weighted by Gasteiger charge is 2.33. The number of carbonyl (C=O) groups is 2. The molecule has 0 unspecified atom stereocenters. The predicted octanol–water partition coefficient (Wildman–Crippen LogP) is 2.10. The van der Waals surface area contributed by atoms with E-state index in [0.29, 0.717) is 37.2 Å². The quantitative estimate of drug-likeness (QED) is 0.446. The van der Waals surface area contributed by atoms with Crippen LogP contribution in [0.2, 0.25) is 0 Å². The minimum absolute atomic E-state index is 0.0399. The highest BCUT2D eigenvalue weighted by atomic mass is 32.2. The molecule has 0 aromatic carbocycles. The third kappa shape index (κ3) is 9.24. The van der Waals surface area contributed by atoms with Crippen LogP contribution in [0.4, 0.5) is 0 Å². The van der Waals surface area contributed by atoms with E-state index in [-0.39, 0.29) is 30.1 Å². The fourth-order valence-electron chi connectivity index (χ4n) is 3.16. The van der Waals surface area contributed by atoms with Crippen LogP contribution < -0.4 is 10.6 Å². The summed E-state index contributed by atoms with van der Waals surface area (Å²) in [5, 5.41) is 15.4. The number of hydrogen-bond donors (Lipinski definition) is 3. The molecule has 0 aromatic heterocycles. The van der Waals surface area contributed by atoms with Crippen molar-refractivity contribution in [2.75, 3.05) is 25.5 Å². The van der Waals surface area contributed by atoms with Crippen molar-refractivity contribution in [3.63, 3.8) is 0 Å². The van der Waals surface area contributed by atoms with Crippen LogP contribution in [0.3, 0.4) is 0 Å². The predicted molar refractivity (Wildman–Crippen MR) is 106 cm³/mol. The van der Waals surface area contributed by atoms with Crippen LogP contribution in [0.15, 0.2) is 0 Å². The van der Waals surface area contributed by atoms with Crippen LogP contribution in [0, 0.1) is 5.92 Å². The second-order valence-electron chi connectivity index (χ2n) is 7.75. The van der Waals surface area contributed by atoms with Crippen molar-refractivity contribution in [3.8, 4) is 0 Å². The van der Waals surface area contributed by atoms with E-state index in [1.54, 1.807) is 6.92 Å². The van der Waals surface area contributed by atoms with Crippen molar-refractivity contribution in [3.05, 3.63) is 0 Å². The SMILES string of the molecule is CC(=O)N[C@@H]1[C@H](CCCCC(=O)NCCOC(C)(C)CCO)SC[C@@H]1C. The van der Waals surface area contributed by atoms with Gasteiger partial charge in [0.15, 0.2) is 0 Å². The van der Waals surface area contributed by atoms with E-state index < -0.39 is 0 Å². The first-order valence-electron chi connectivity index (χ1n) is 9.65. The Bertz CT molecular complexity index is 445. The van der Waals surface area contributed by atoms with Gasteiger partial charge in [0, 0.05) is 37.8 Å². The maximum Gasteiger partial charge on any atom is 0.220 e. The summed E-state index contributed by atoms with van der Waals surface area (Å²) in [5.74, 6) is 1.69. The van der Waals surface area contributed by atoms with E-state index >= 15 is 0 Å². The normalized spacial score (nSPS) is 23.0. The Balaban J connectivity index is 2.12. The average Bonchev–Trinajstić information content (AvgIpc) is 2.88. The summed E-state index contributed by atoms with van der Waals surface area (Å²) < 4.78 is 5.65. The number of amides is 2. The van der Waals surface area contributed by atoms with Gasteiger partial charge in [-0.1, -0.05) is 13.3 Å². The molecule has 0 aliphatic carbocycles. The van der Waals surface area contributed by atoms with Gasteiger partial charge in [-0.3, -0.25) is 9.59 Å². The van der Waals surface area contributed by atoms with Crippen LogP contribution in [0.5, 0.6) is 0 Å². The molecule has 0 spiro atoms. The summed E-state index contributed by atoms with van der Waals surface area (Å²) in [5.41, 5.74) is -0.361. The second-order valence-corrected chi connectivity index (χ2v) is 9.03. The first kappa shape index (κ1) is 23.2. The van der Waals surface area contributed by atoms with Crippen molar-refractivity contribution in [2.24, 2.45) is 5.92 Å². The summed E-state index contributed by atoms with van der Waals surface area (Å²) in [6, 6.07) is 0.255. The molecule has 0 saturated carbocycles. The molecular weight excluding hydrogens is 352 g/mol. The lowest BCUT2D eigenvalue weighted by Crippen LogP contribution is -2.41. The molecule has 1 aliphatic heterocycles. The third-order valence-electron chi connectivity index (χ3n) is 4.73. The van der Waals surface area contributed by atoms with E-state index in [9.17, 15) is 9.59 Å². The van der Waals surface area contributed by atoms with Gasteiger partial charge in [0.25, 0.3) is 0 Å². The summed E-state index contributed by atoms with van der Waals surface area (Å²) in [4.78, 5) is 23.2. The lowest BCUT2D eigenvalue weighted by atomic mass is 9.97. The molecule has 0 radical (unpaired) electrons. The molecule has 7 heteroatoms. The van der Waals surface area contributed by atoms with Crippen LogP contribution >= 0.6 is 11.8 Å². The Morgan fingerprint density at radius 1 is 1.31 bits per heavy atom. The Morgan fingerprint density at radius 3 is 2.69 bits per heavy atom. The van der Waals surface area contributed by atoms with Crippen molar-refractivity contribution in [1.29, 1.82) is 0 Å². The topological polar surface area (TPSA) is 87.7 Å². The number of unbranched alkanes of at least 4 members (excludes halogenated alkanes) is 1. The molecule has 1 rings (SSSR count). The van der Waals surface area contributed by atoms with Gasteiger partial charge in [0.2, 0.25) is 11.8 Å². The lowest BCUT2D eigenvalue weighted by molar-refractivity contribution is -0.122. The first-order chi connectivity index (χ1) is 12.2. The van der Waals surface area contributed by atoms with Gasteiger partial charge in [0.1, 0.15) is 0 Å². The Labute approximate surface area is 162 Å². The molecule has 6 nitrogen and oxygen atoms in total. The van der Waals surface area contributed by atoms with Crippen molar-refractivity contribution < 1.29 is 19.4 Å². The molecule has 26 heavy (non-hydrogen) atoms. The van der Waals surface area contributed by atoms with Crippen LogP contribution in [-0.2, 0) is 14.3 Å².